The quantitative estimate of drug-likeness (QED) is 0.729. The maximum atomic E-state index is 9.64. The fourth-order valence-electron chi connectivity index (χ4n) is 1.86. The molecular weight excluding hydrogens is 240 g/mol. The van der Waals surface area contributed by atoms with Crippen LogP contribution in [0.4, 0.5) is 5.82 Å². The highest BCUT2D eigenvalue weighted by molar-refractivity contribution is 5.88. The van der Waals surface area contributed by atoms with Gasteiger partial charge in [-0.05, 0) is 25.1 Å². The summed E-state index contributed by atoms with van der Waals surface area (Å²) in [4.78, 5) is 8.96. The minimum Gasteiger partial charge on any atom is -0.391 e. The monoisotopic (exact) mass is 260 g/mol. The van der Waals surface area contributed by atoms with E-state index < -0.39 is 0 Å². The topological polar surface area (TPSA) is 84.1 Å². The minimum absolute atomic E-state index is 0.369. The first-order valence-corrected chi connectivity index (χ1v) is 6.62. The lowest BCUT2D eigenvalue weighted by molar-refractivity contribution is 0.183. The third-order valence-corrected chi connectivity index (χ3v) is 2.99. The Balaban J connectivity index is 2.33. The van der Waals surface area contributed by atoms with Crippen molar-refractivity contribution in [3.63, 3.8) is 0 Å². The Morgan fingerprint density at radius 2 is 2.11 bits per heavy atom. The van der Waals surface area contributed by atoms with Crippen molar-refractivity contribution in [2.45, 2.75) is 25.9 Å². The molecule has 5 heteroatoms. The van der Waals surface area contributed by atoms with Crippen molar-refractivity contribution < 1.29 is 5.11 Å². The zero-order chi connectivity index (χ0) is 13.7. The molecule has 102 valence electrons. The van der Waals surface area contributed by atoms with Crippen LogP contribution in [-0.2, 0) is 6.42 Å². The molecule has 1 aromatic heterocycles. The van der Waals surface area contributed by atoms with Gasteiger partial charge in [-0.1, -0.05) is 19.1 Å². The Labute approximate surface area is 112 Å². The number of aliphatic hydroxyl groups is 1. The van der Waals surface area contributed by atoms with Crippen LogP contribution in [0.15, 0.2) is 24.3 Å². The summed E-state index contributed by atoms with van der Waals surface area (Å²) in [6.07, 6.45) is 0.994. The zero-order valence-corrected chi connectivity index (χ0v) is 11.1. The van der Waals surface area contributed by atoms with Gasteiger partial charge in [-0.15, -0.1) is 0 Å². The molecule has 1 aromatic carbocycles. The summed E-state index contributed by atoms with van der Waals surface area (Å²) in [5, 5.41) is 13.8. The van der Waals surface area contributed by atoms with Crippen LogP contribution in [-0.4, -0.2) is 34.3 Å². The molecule has 0 aliphatic carbocycles. The van der Waals surface area contributed by atoms with Crippen molar-refractivity contribution in [1.82, 2.24) is 9.97 Å². The molecule has 0 radical (unpaired) electrons. The molecule has 2 rings (SSSR count). The van der Waals surface area contributed by atoms with Gasteiger partial charge in [0.1, 0.15) is 11.6 Å². The maximum absolute atomic E-state index is 9.64. The Morgan fingerprint density at radius 1 is 1.32 bits per heavy atom. The van der Waals surface area contributed by atoms with Gasteiger partial charge in [0.15, 0.2) is 0 Å². The predicted octanol–water partition coefficient (Wildman–Crippen LogP) is 1.31. The Hall–Kier alpha value is -1.72. The summed E-state index contributed by atoms with van der Waals surface area (Å²) in [7, 11) is 0. The Bertz CT molecular complexity index is 544. The second kappa shape index (κ2) is 6.45. The molecule has 0 saturated heterocycles. The maximum Gasteiger partial charge on any atom is 0.137 e. The first-order valence-electron chi connectivity index (χ1n) is 6.62. The van der Waals surface area contributed by atoms with Crippen LogP contribution in [0.1, 0.15) is 19.2 Å². The number of para-hydroxylation sites is 1. The van der Waals surface area contributed by atoms with Gasteiger partial charge in [0.25, 0.3) is 0 Å². The van der Waals surface area contributed by atoms with Crippen LogP contribution in [0.2, 0.25) is 0 Å². The number of fused-ring (bicyclic) bond motifs is 1. The molecule has 0 amide bonds. The Kier molecular flexibility index (Phi) is 4.65. The molecule has 1 heterocycles. The van der Waals surface area contributed by atoms with E-state index in [0.29, 0.717) is 25.9 Å². The Morgan fingerprint density at radius 3 is 2.84 bits per heavy atom. The van der Waals surface area contributed by atoms with Gasteiger partial charge in [-0.2, -0.15) is 0 Å². The number of hydrogen-bond acceptors (Lipinski definition) is 5. The molecule has 0 aliphatic rings. The van der Waals surface area contributed by atoms with Crippen LogP contribution < -0.4 is 11.1 Å². The van der Waals surface area contributed by atoms with E-state index in [-0.39, 0.29) is 6.10 Å². The number of hydrogen-bond donors (Lipinski definition) is 3. The highest BCUT2D eigenvalue weighted by atomic mass is 16.3. The first kappa shape index (κ1) is 13.7. The summed E-state index contributed by atoms with van der Waals surface area (Å²) in [6, 6.07) is 7.84. The van der Waals surface area contributed by atoms with E-state index in [2.05, 4.69) is 15.3 Å². The number of benzene rings is 1. The molecule has 0 spiro atoms. The summed E-state index contributed by atoms with van der Waals surface area (Å²) < 4.78 is 0. The third kappa shape index (κ3) is 3.39. The largest absolute Gasteiger partial charge is 0.391 e. The van der Waals surface area contributed by atoms with E-state index in [0.717, 1.165) is 22.5 Å². The van der Waals surface area contributed by atoms with Crippen LogP contribution in [0.25, 0.3) is 10.9 Å². The fourth-order valence-corrected chi connectivity index (χ4v) is 1.86. The number of nitrogens with two attached hydrogens (primary N) is 1. The van der Waals surface area contributed by atoms with Crippen molar-refractivity contribution in [1.29, 1.82) is 0 Å². The normalized spacial score (nSPS) is 12.6. The van der Waals surface area contributed by atoms with Crippen molar-refractivity contribution >= 4 is 16.7 Å². The number of aromatic nitrogens is 2. The molecule has 2 aromatic rings. The van der Waals surface area contributed by atoms with E-state index in [4.69, 9.17) is 5.73 Å². The molecule has 5 nitrogen and oxygen atoms in total. The number of nitrogens with one attached hydrogen (secondary N) is 1. The van der Waals surface area contributed by atoms with Gasteiger partial charge in [-0.25, -0.2) is 9.97 Å². The van der Waals surface area contributed by atoms with Crippen LogP contribution >= 0.6 is 0 Å². The van der Waals surface area contributed by atoms with Crippen LogP contribution in [0.3, 0.4) is 0 Å². The second-order valence-electron chi connectivity index (χ2n) is 4.49. The van der Waals surface area contributed by atoms with Gasteiger partial charge < -0.3 is 16.2 Å². The summed E-state index contributed by atoms with van der Waals surface area (Å²) in [5.41, 5.74) is 6.46. The molecule has 19 heavy (non-hydrogen) atoms. The van der Waals surface area contributed by atoms with Gasteiger partial charge in [0.05, 0.1) is 11.6 Å². The van der Waals surface area contributed by atoms with Gasteiger partial charge >= 0.3 is 0 Å². The molecule has 0 unspecified atom stereocenters. The van der Waals surface area contributed by atoms with Gasteiger partial charge in [0, 0.05) is 18.4 Å². The standard InChI is InChI=1S/C14H20N4O/c1-2-10(19)9-16-14-11-5-3-4-6-12(11)17-13(18-14)7-8-15/h3-6,10,19H,2,7-9,15H2,1H3,(H,16,17,18)/t10-/m0/s1. The predicted molar refractivity (Wildman–Crippen MR) is 77.1 cm³/mol. The van der Waals surface area contributed by atoms with Crippen molar-refractivity contribution in [3.05, 3.63) is 30.1 Å². The van der Waals surface area contributed by atoms with Crippen LogP contribution in [0, 0.1) is 0 Å². The van der Waals surface area contributed by atoms with Gasteiger partial charge in [0.2, 0.25) is 0 Å². The van der Waals surface area contributed by atoms with E-state index in [1.54, 1.807) is 0 Å². The summed E-state index contributed by atoms with van der Waals surface area (Å²) in [5.74, 6) is 1.50. The smallest absolute Gasteiger partial charge is 0.137 e. The molecule has 1 atom stereocenters. The minimum atomic E-state index is -0.369. The molecule has 4 N–H and O–H groups in total. The lowest BCUT2D eigenvalue weighted by atomic mass is 10.2. The van der Waals surface area contributed by atoms with Crippen LogP contribution in [0.5, 0.6) is 0 Å². The number of nitrogens with zero attached hydrogens (tertiary/aromatic N) is 2. The highest BCUT2D eigenvalue weighted by Crippen LogP contribution is 2.20. The van der Waals surface area contributed by atoms with E-state index in [1.165, 1.54) is 0 Å². The number of aliphatic hydroxyl groups excluding tert-OH is 1. The number of rotatable bonds is 6. The molecule has 0 bridgehead atoms. The molecule has 0 fully saturated rings. The first-order chi connectivity index (χ1) is 9.24. The third-order valence-electron chi connectivity index (χ3n) is 2.99. The lowest BCUT2D eigenvalue weighted by Crippen LogP contribution is -2.19. The number of anilines is 1. The SMILES string of the molecule is CC[C@H](O)CNc1nc(CCN)nc2ccccc12. The van der Waals surface area contributed by atoms with Crippen molar-refractivity contribution in [2.75, 3.05) is 18.4 Å². The highest BCUT2D eigenvalue weighted by Gasteiger charge is 2.08. The second-order valence-corrected chi connectivity index (χ2v) is 4.49. The zero-order valence-electron chi connectivity index (χ0n) is 11.1. The van der Waals surface area contributed by atoms with E-state index in [1.807, 2.05) is 31.2 Å². The molecular formula is C14H20N4O. The molecule has 0 saturated carbocycles. The lowest BCUT2D eigenvalue weighted by Gasteiger charge is -2.13. The summed E-state index contributed by atoms with van der Waals surface area (Å²) in [6.45, 7) is 2.96. The van der Waals surface area contributed by atoms with Crippen molar-refractivity contribution in [3.8, 4) is 0 Å². The average Bonchev–Trinajstić information content (AvgIpc) is 2.44. The van der Waals surface area contributed by atoms with Gasteiger partial charge in [-0.3, -0.25) is 0 Å². The summed E-state index contributed by atoms with van der Waals surface area (Å²) >= 11 is 0. The van der Waals surface area contributed by atoms with Crippen molar-refractivity contribution in [2.24, 2.45) is 5.73 Å². The average molecular weight is 260 g/mol. The molecule has 0 aliphatic heterocycles. The van der Waals surface area contributed by atoms with E-state index in [9.17, 15) is 5.11 Å². The van der Waals surface area contributed by atoms with E-state index >= 15 is 0 Å². The fraction of sp³-hybridized carbons (Fsp3) is 0.429.